The number of nitrogens with zero attached hydrogens (tertiary/aromatic N) is 3. The zero-order chi connectivity index (χ0) is 27.1. The topological polar surface area (TPSA) is 84.6 Å². The summed E-state index contributed by atoms with van der Waals surface area (Å²) in [6.07, 6.45) is 7.62. The first-order chi connectivity index (χ1) is 18.4. The molecule has 0 radical (unpaired) electrons. The molecule has 1 saturated carbocycles. The number of hydrogen-bond donors (Lipinski definition) is 1. The molecule has 0 atom stereocenters. The summed E-state index contributed by atoms with van der Waals surface area (Å²) in [6, 6.07) is 23.6. The lowest BCUT2D eigenvalue weighted by Gasteiger charge is -2.30. The van der Waals surface area contributed by atoms with Gasteiger partial charge in [0.1, 0.15) is 0 Å². The van der Waals surface area contributed by atoms with Crippen molar-refractivity contribution < 1.29 is 14.7 Å². The normalized spacial score (nSPS) is 13.7. The molecule has 1 fully saturated rings. The fourth-order valence-electron chi connectivity index (χ4n) is 4.99. The molecular weight excluding hydrogens is 474 g/mol. The van der Waals surface area contributed by atoms with E-state index >= 15 is 0 Å². The second-order valence-electron chi connectivity index (χ2n) is 9.96. The van der Waals surface area contributed by atoms with Crippen LogP contribution in [0.15, 0.2) is 72.8 Å². The Kier molecular flexibility index (Phi) is 8.60. The van der Waals surface area contributed by atoms with Gasteiger partial charge in [-0.05, 0) is 71.5 Å². The van der Waals surface area contributed by atoms with Gasteiger partial charge >= 0.3 is 5.97 Å². The van der Waals surface area contributed by atoms with Crippen LogP contribution in [0.4, 0.5) is 11.4 Å². The van der Waals surface area contributed by atoms with Gasteiger partial charge in [-0.15, -0.1) is 0 Å². The van der Waals surface area contributed by atoms with Crippen LogP contribution in [0.25, 0.3) is 17.2 Å². The van der Waals surface area contributed by atoms with Crippen molar-refractivity contribution in [1.82, 2.24) is 0 Å². The van der Waals surface area contributed by atoms with Crippen LogP contribution in [0.1, 0.15) is 48.8 Å². The Bertz CT molecular complexity index is 1360. The van der Waals surface area contributed by atoms with Gasteiger partial charge in [0.25, 0.3) is 0 Å². The first kappa shape index (κ1) is 26.7. The van der Waals surface area contributed by atoms with Crippen LogP contribution < -0.4 is 9.80 Å². The Balaban J connectivity index is 1.67. The highest BCUT2D eigenvalue weighted by atomic mass is 16.4. The number of carbonyl (C=O) groups excluding carboxylic acids is 1. The minimum Gasteiger partial charge on any atom is -0.478 e. The van der Waals surface area contributed by atoms with Crippen LogP contribution in [-0.2, 0) is 16.1 Å². The maximum absolute atomic E-state index is 13.8. The maximum Gasteiger partial charge on any atom is 0.328 e. The van der Waals surface area contributed by atoms with Gasteiger partial charge in [-0.25, -0.2) is 4.79 Å². The highest BCUT2D eigenvalue weighted by molar-refractivity contribution is 5.95. The second-order valence-corrected chi connectivity index (χ2v) is 9.96. The molecule has 0 unspecified atom stereocenters. The van der Waals surface area contributed by atoms with Crippen LogP contribution in [0, 0.1) is 17.2 Å². The van der Waals surface area contributed by atoms with E-state index in [0.717, 1.165) is 66.2 Å². The fourth-order valence-corrected chi connectivity index (χ4v) is 4.99. The average Bonchev–Trinajstić information content (AvgIpc) is 2.95. The summed E-state index contributed by atoms with van der Waals surface area (Å²) in [7, 11) is 3.98. The molecule has 4 rings (SSSR count). The number of carboxylic acid groups (broad SMARTS) is 1. The summed E-state index contributed by atoms with van der Waals surface area (Å²) >= 11 is 0. The quantitative estimate of drug-likeness (QED) is 0.352. The zero-order valence-corrected chi connectivity index (χ0v) is 21.9. The molecule has 3 aromatic rings. The van der Waals surface area contributed by atoms with Crippen LogP contribution in [0.2, 0.25) is 0 Å². The van der Waals surface area contributed by atoms with Gasteiger partial charge in [-0.3, -0.25) is 4.79 Å². The van der Waals surface area contributed by atoms with Crippen LogP contribution in [0.3, 0.4) is 0 Å². The average molecular weight is 508 g/mol. The van der Waals surface area contributed by atoms with Crippen LogP contribution in [0.5, 0.6) is 0 Å². The number of anilines is 2. The maximum atomic E-state index is 13.8. The highest BCUT2D eigenvalue weighted by Crippen LogP contribution is 2.31. The van der Waals surface area contributed by atoms with E-state index in [4.69, 9.17) is 5.11 Å². The van der Waals surface area contributed by atoms with Crippen molar-refractivity contribution in [3.63, 3.8) is 0 Å². The SMILES string of the molecule is CN(C)c1ccc(-c2ccc(CN(C(=O)C3CCCCC3)c3cccc(/C=C/C(=O)O)c3)cc2C#N)cc1. The van der Waals surface area contributed by atoms with Crippen molar-refractivity contribution in [1.29, 1.82) is 5.26 Å². The molecule has 1 aliphatic carbocycles. The molecule has 6 heteroatoms. The summed E-state index contributed by atoms with van der Waals surface area (Å²) in [5, 5.41) is 19.0. The number of carbonyl (C=O) groups is 2. The van der Waals surface area contributed by atoms with Gasteiger partial charge in [-0.1, -0.05) is 55.7 Å². The molecule has 1 amide bonds. The smallest absolute Gasteiger partial charge is 0.328 e. The number of carboxylic acids is 1. The lowest BCUT2D eigenvalue weighted by atomic mass is 9.88. The van der Waals surface area contributed by atoms with Gasteiger partial charge < -0.3 is 14.9 Å². The third-order valence-electron chi connectivity index (χ3n) is 7.06. The van der Waals surface area contributed by atoms with Gasteiger partial charge in [-0.2, -0.15) is 5.26 Å². The van der Waals surface area contributed by atoms with E-state index in [1.165, 1.54) is 6.08 Å². The Morgan fingerprint density at radius 3 is 2.37 bits per heavy atom. The predicted molar refractivity (Wildman–Crippen MR) is 152 cm³/mol. The lowest BCUT2D eigenvalue weighted by Crippen LogP contribution is -2.36. The third kappa shape index (κ3) is 6.49. The van der Waals surface area contributed by atoms with Gasteiger partial charge in [0, 0.05) is 37.5 Å². The van der Waals surface area contributed by atoms with Crippen molar-refractivity contribution in [3.05, 3.63) is 89.5 Å². The van der Waals surface area contributed by atoms with E-state index in [2.05, 4.69) is 6.07 Å². The van der Waals surface area contributed by atoms with Crippen LogP contribution >= 0.6 is 0 Å². The van der Waals surface area contributed by atoms with Crippen molar-refractivity contribution in [2.24, 2.45) is 5.92 Å². The molecule has 0 aliphatic heterocycles. The zero-order valence-electron chi connectivity index (χ0n) is 21.9. The Labute approximate surface area is 224 Å². The molecule has 0 aromatic heterocycles. The van der Waals surface area contributed by atoms with Crippen molar-refractivity contribution in [3.8, 4) is 17.2 Å². The van der Waals surface area contributed by atoms with Crippen molar-refractivity contribution >= 4 is 29.3 Å². The molecule has 0 bridgehead atoms. The number of nitriles is 1. The molecule has 0 saturated heterocycles. The van der Waals surface area contributed by atoms with E-state index in [1.807, 2.05) is 85.7 Å². The van der Waals surface area contributed by atoms with E-state index in [0.29, 0.717) is 17.7 Å². The number of hydrogen-bond acceptors (Lipinski definition) is 4. The van der Waals surface area contributed by atoms with E-state index in [1.54, 1.807) is 4.90 Å². The lowest BCUT2D eigenvalue weighted by molar-refractivity contribution is -0.131. The summed E-state index contributed by atoms with van der Waals surface area (Å²) < 4.78 is 0. The molecule has 0 heterocycles. The van der Waals surface area contributed by atoms with E-state index in [9.17, 15) is 14.9 Å². The Morgan fingerprint density at radius 1 is 0.974 bits per heavy atom. The molecule has 3 aromatic carbocycles. The summed E-state index contributed by atoms with van der Waals surface area (Å²) in [4.78, 5) is 28.6. The molecule has 1 aliphatic rings. The summed E-state index contributed by atoms with van der Waals surface area (Å²) in [5.41, 5.74) is 5.75. The standard InChI is InChI=1S/C32H33N3O3/c1-34(2)28-15-13-25(14-16-28)30-17-11-24(19-27(30)21-33)22-35(32(38)26-8-4-3-5-9-26)29-10-6-7-23(20-29)12-18-31(36)37/h6-7,10-20,26H,3-5,8-9,22H2,1-2H3,(H,36,37)/b18-12+. The van der Waals surface area contributed by atoms with Gasteiger partial charge in [0.15, 0.2) is 0 Å². The molecule has 0 spiro atoms. The predicted octanol–water partition coefficient (Wildman–Crippen LogP) is 6.50. The van der Waals surface area contributed by atoms with Gasteiger partial charge in [0.05, 0.1) is 18.2 Å². The van der Waals surface area contributed by atoms with E-state index in [-0.39, 0.29) is 11.8 Å². The number of aliphatic carboxylic acids is 1. The molecule has 6 nitrogen and oxygen atoms in total. The number of amides is 1. The third-order valence-corrected chi connectivity index (χ3v) is 7.06. The molecule has 1 N–H and O–H groups in total. The van der Waals surface area contributed by atoms with Gasteiger partial charge in [0.2, 0.25) is 5.91 Å². The summed E-state index contributed by atoms with van der Waals surface area (Å²) in [6.45, 7) is 0.329. The fraction of sp³-hybridized carbons (Fsp3) is 0.281. The molecular formula is C32H33N3O3. The Morgan fingerprint density at radius 2 is 1.71 bits per heavy atom. The largest absolute Gasteiger partial charge is 0.478 e. The first-order valence-electron chi connectivity index (χ1n) is 13.0. The van der Waals surface area contributed by atoms with E-state index < -0.39 is 5.97 Å². The van der Waals surface area contributed by atoms with Crippen LogP contribution in [-0.4, -0.2) is 31.1 Å². The molecule has 38 heavy (non-hydrogen) atoms. The Hall–Kier alpha value is -4.37. The highest BCUT2D eigenvalue weighted by Gasteiger charge is 2.27. The summed E-state index contributed by atoms with van der Waals surface area (Å²) in [5.74, 6) is -0.983. The minimum atomic E-state index is -1.02. The van der Waals surface area contributed by atoms with Crippen molar-refractivity contribution in [2.75, 3.05) is 23.9 Å². The number of rotatable bonds is 8. The molecule has 194 valence electrons. The minimum absolute atomic E-state index is 0.0353. The number of benzene rings is 3. The first-order valence-corrected chi connectivity index (χ1v) is 13.0. The second kappa shape index (κ2) is 12.2. The van der Waals surface area contributed by atoms with Crippen molar-refractivity contribution in [2.45, 2.75) is 38.6 Å². The monoisotopic (exact) mass is 507 g/mol.